The summed E-state index contributed by atoms with van der Waals surface area (Å²) in [4.78, 5) is 0. The van der Waals surface area contributed by atoms with Gasteiger partial charge in [0.05, 0.1) is 0 Å². The topological polar surface area (TPSA) is 0 Å². The third-order valence-corrected chi connectivity index (χ3v) is 4.86. The molecule has 0 nitrogen and oxygen atoms in total. The summed E-state index contributed by atoms with van der Waals surface area (Å²) in [6.45, 7) is 7.27. The van der Waals surface area contributed by atoms with Crippen LogP contribution in [0.2, 0.25) is 0 Å². The van der Waals surface area contributed by atoms with E-state index in [1.165, 1.54) is 44.9 Å². The lowest BCUT2D eigenvalue weighted by Crippen LogP contribution is -2.26. The van der Waals surface area contributed by atoms with Gasteiger partial charge in [-0.25, -0.2) is 0 Å². The Hall–Kier alpha value is 0. The Labute approximate surface area is 102 Å². The van der Waals surface area contributed by atoms with Gasteiger partial charge in [0.2, 0.25) is 0 Å². The molecule has 3 rings (SSSR count). The normalized spacial score (nSPS) is 36.6. The predicted octanol–water partition coefficient (Wildman–Crippen LogP) is 5.42. The highest BCUT2D eigenvalue weighted by Crippen LogP contribution is 2.43. The van der Waals surface area contributed by atoms with Crippen molar-refractivity contribution in [3.8, 4) is 0 Å². The van der Waals surface area contributed by atoms with Crippen molar-refractivity contribution in [1.29, 1.82) is 0 Å². The van der Waals surface area contributed by atoms with Gasteiger partial charge in [-0.15, -0.1) is 0 Å². The lowest BCUT2D eigenvalue weighted by atomic mass is 9.68. The second-order valence-corrected chi connectivity index (χ2v) is 7.59. The molecule has 94 valence electrons. The van der Waals surface area contributed by atoms with Crippen LogP contribution in [0.25, 0.3) is 0 Å². The molecule has 16 heavy (non-hydrogen) atoms. The minimum atomic E-state index is 0.538. The Kier molecular flexibility index (Phi) is 3.97. The maximum Gasteiger partial charge on any atom is -0.0380 e. The fourth-order valence-electron chi connectivity index (χ4n) is 4.13. The van der Waals surface area contributed by atoms with Crippen molar-refractivity contribution in [2.45, 2.75) is 78.6 Å². The summed E-state index contributed by atoms with van der Waals surface area (Å²) >= 11 is 0. The van der Waals surface area contributed by atoms with Gasteiger partial charge in [0.15, 0.2) is 0 Å². The second-order valence-electron chi connectivity index (χ2n) is 7.59. The third-order valence-electron chi connectivity index (χ3n) is 4.86. The van der Waals surface area contributed by atoms with Gasteiger partial charge in [0, 0.05) is 0 Å². The summed E-state index contributed by atoms with van der Waals surface area (Å²) in [6, 6.07) is 0. The van der Waals surface area contributed by atoms with Crippen LogP contribution in [0.1, 0.15) is 78.6 Å². The summed E-state index contributed by atoms with van der Waals surface area (Å²) in [5, 5.41) is 0. The summed E-state index contributed by atoms with van der Waals surface area (Å²) < 4.78 is 0. The number of hydrogen-bond acceptors (Lipinski definition) is 0. The maximum atomic E-state index is 2.42. The van der Waals surface area contributed by atoms with E-state index in [-0.39, 0.29) is 0 Å². The van der Waals surface area contributed by atoms with Crippen molar-refractivity contribution >= 4 is 0 Å². The van der Waals surface area contributed by atoms with Gasteiger partial charge >= 0.3 is 0 Å². The first kappa shape index (κ1) is 12.5. The molecule has 1 atom stereocenters. The van der Waals surface area contributed by atoms with Gasteiger partial charge in [0.25, 0.3) is 0 Å². The summed E-state index contributed by atoms with van der Waals surface area (Å²) in [5.74, 6) is 3.20. The Morgan fingerprint density at radius 1 is 0.812 bits per heavy atom. The number of rotatable bonds is 1. The fraction of sp³-hybridized carbons (Fsp3) is 1.00. The minimum Gasteiger partial charge on any atom is -0.0602 e. The van der Waals surface area contributed by atoms with E-state index >= 15 is 0 Å². The van der Waals surface area contributed by atoms with E-state index in [2.05, 4.69) is 20.8 Å². The molecule has 0 aliphatic heterocycles. The Balaban J connectivity index is 2.01. The van der Waals surface area contributed by atoms with E-state index in [4.69, 9.17) is 0 Å². The summed E-state index contributed by atoms with van der Waals surface area (Å²) in [5.41, 5.74) is 0.538. The van der Waals surface area contributed by atoms with Crippen molar-refractivity contribution in [2.75, 3.05) is 0 Å². The van der Waals surface area contributed by atoms with Gasteiger partial charge in [-0.1, -0.05) is 65.7 Å². The zero-order valence-corrected chi connectivity index (χ0v) is 11.6. The van der Waals surface area contributed by atoms with E-state index in [0.29, 0.717) is 5.41 Å². The van der Waals surface area contributed by atoms with Crippen LogP contribution in [0.5, 0.6) is 0 Å². The van der Waals surface area contributed by atoms with E-state index in [0.717, 1.165) is 17.8 Å². The van der Waals surface area contributed by atoms with Crippen molar-refractivity contribution < 1.29 is 0 Å². The van der Waals surface area contributed by atoms with Crippen molar-refractivity contribution in [2.24, 2.45) is 23.2 Å². The number of fused-ring (bicyclic) bond motifs is 6. The molecule has 3 aliphatic carbocycles. The molecule has 0 aromatic rings. The minimum absolute atomic E-state index is 0.538. The lowest BCUT2D eigenvalue weighted by Gasteiger charge is -2.38. The second kappa shape index (κ2) is 5.10. The highest BCUT2D eigenvalue weighted by molar-refractivity contribution is 4.82. The van der Waals surface area contributed by atoms with Crippen molar-refractivity contribution in [3.63, 3.8) is 0 Å². The van der Waals surface area contributed by atoms with Crippen LogP contribution >= 0.6 is 0 Å². The molecule has 0 saturated heterocycles. The first-order valence-electron chi connectivity index (χ1n) is 7.54. The van der Waals surface area contributed by atoms with E-state index in [1.807, 2.05) is 0 Å². The molecule has 0 N–H and O–H groups in total. The van der Waals surface area contributed by atoms with Gasteiger partial charge in [0.1, 0.15) is 0 Å². The van der Waals surface area contributed by atoms with Crippen LogP contribution in [0.3, 0.4) is 0 Å². The molecule has 3 aliphatic rings. The van der Waals surface area contributed by atoms with Gasteiger partial charge in [-0.05, 0) is 36.0 Å². The Bertz CT molecular complexity index is 201. The van der Waals surface area contributed by atoms with Crippen LogP contribution in [-0.2, 0) is 0 Å². The molecule has 0 heteroatoms. The van der Waals surface area contributed by atoms with Crippen LogP contribution in [0.4, 0.5) is 0 Å². The molecule has 2 bridgehead atoms. The molecule has 0 spiro atoms. The average molecular weight is 222 g/mol. The first-order chi connectivity index (χ1) is 7.54. The molecule has 0 amide bonds. The molecule has 1 unspecified atom stereocenters. The van der Waals surface area contributed by atoms with E-state index < -0.39 is 0 Å². The summed E-state index contributed by atoms with van der Waals surface area (Å²) in [7, 11) is 0. The van der Waals surface area contributed by atoms with Crippen LogP contribution in [0.15, 0.2) is 0 Å². The van der Waals surface area contributed by atoms with Gasteiger partial charge < -0.3 is 0 Å². The monoisotopic (exact) mass is 222 g/mol. The standard InChI is InChI=1S/C16H30/c1-16(2,3)12-15-11-10-13-6-4-8-14(15)9-5-7-13/h13-15H,4-12H2,1-3H3. The average Bonchev–Trinajstić information content (AvgIpc) is 2.07. The molecular weight excluding hydrogens is 192 g/mol. The lowest BCUT2D eigenvalue weighted by molar-refractivity contribution is 0.136. The quantitative estimate of drug-likeness (QED) is 0.556. The summed E-state index contributed by atoms with van der Waals surface area (Å²) in [6.07, 6.45) is 13.7. The van der Waals surface area contributed by atoms with E-state index in [9.17, 15) is 0 Å². The molecule has 0 aromatic carbocycles. The van der Waals surface area contributed by atoms with Crippen LogP contribution < -0.4 is 0 Å². The molecule has 3 saturated carbocycles. The smallest absolute Gasteiger partial charge is 0.0380 e. The number of hydrogen-bond donors (Lipinski definition) is 0. The molecule has 0 radical (unpaired) electrons. The first-order valence-corrected chi connectivity index (χ1v) is 7.54. The highest BCUT2D eigenvalue weighted by Gasteiger charge is 2.30. The van der Waals surface area contributed by atoms with Gasteiger partial charge in [-0.2, -0.15) is 0 Å². The van der Waals surface area contributed by atoms with Crippen LogP contribution in [0, 0.1) is 23.2 Å². The Morgan fingerprint density at radius 2 is 1.44 bits per heavy atom. The van der Waals surface area contributed by atoms with Crippen LogP contribution in [-0.4, -0.2) is 0 Å². The SMILES string of the molecule is CC(C)(C)CC1CCC2CCCC1CCC2. The molecular formula is C16H30. The molecule has 0 heterocycles. The van der Waals surface area contributed by atoms with E-state index in [1.54, 1.807) is 12.8 Å². The third kappa shape index (κ3) is 3.50. The van der Waals surface area contributed by atoms with Crippen molar-refractivity contribution in [1.82, 2.24) is 0 Å². The zero-order chi connectivity index (χ0) is 11.6. The largest absolute Gasteiger partial charge is 0.0602 e. The predicted molar refractivity (Wildman–Crippen MR) is 71.5 cm³/mol. The molecule has 3 fully saturated rings. The Morgan fingerprint density at radius 3 is 2.00 bits per heavy atom. The highest BCUT2D eigenvalue weighted by atomic mass is 14.4. The van der Waals surface area contributed by atoms with Gasteiger partial charge in [-0.3, -0.25) is 0 Å². The fourth-order valence-corrected chi connectivity index (χ4v) is 4.13. The maximum absolute atomic E-state index is 2.42. The molecule has 0 aromatic heterocycles. The van der Waals surface area contributed by atoms with Crippen molar-refractivity contribution in [3.05, 3.63) is 0 Å². The zero-order valence-electron chi connectivity index (χ0n) is 11.6.